The molecule has 1 N–H and O–H groups in total. The summed E-state index contributed by atoms with van der Waals surface area (Å²) < 4.78 is 5.30. The van der Waals surface area contributed by atoms with Crippen molar-refractivity contribution in [3.8, 4) is 5.75 Å². The van der Waals surface area contributed by atoms with Gasteiger partial charge in [-0.05, 0) is 38.4 Å². The van der Waals surface area contributed by atoms with Crippen molar-refractivity contribution in [1.29, 1.82) is 0 Å². The minimum absolute atomic E-state index is 0.531. The zero-order valence-corrected chi connectivity index (χ0v) is 12.7. The van der Waals surface area contributed by atoms with Gasteiger partial charge in [0.25, 0.3) is 0 Å². The van der Waals surface area contributed by atoms with Crippen LogP contribution in [-0.4, -0.2) is 32.3 Å². The van der Waals surface area contributed by atoms with E-state index in [9.17, 15) is 0 Å². The van der Waals surface area contributed by atoms with Gasteiger partial charge in [0.05, 0.1) is 12.1 Å². The van der Waals surface area contributed by atoms with Crippen molar-refractivity contribution in [2.24, 2.45) is 0 Å². The Balaban J connectivity index is 2.10. The van der Waals surface area contributed by atoms with Crippen molar-refractivity contribution in [2.75, 3.05) is 25.1 Å². The van der Waals surface area contributed by atoms with Crippen LogP contribution in [0.2, 0.25) is 5.02 Å². The van der Waals surface area contributed by atoms with E-state index >= 15 is 0 Å². The Bertz CT molecular complexity index is 425. The smallest absolute Gasteiger partial charge is 0.139 e. The van der Waals surface area contributed by atoms with Crippen molar-refractivity contribution in [1.82, 2.24) is 5.32 Å². The average molecular weight is 283 g/mol. The molecular formula is C15H23ClN2O. The lowest BCUT2D eigenvalue weighted by Crippen LogP contribution is -2.47. The molecule has 1 heterocycles. The largest absolute Gasteiger partial charge is 0.495 e. The molecular weight excluding hydrogens is 260 g/mol. The minimum atomic E-state index is 0.531. The van der Waals surface area contributed by atoms with Gasteiger partial charge < -0.3 is 15.0 Å². The monoisotopic (exact) mass is 282 g/mol. The highest BCUT2D eigenvalue weighted by atomic mass is 35.5. The van der Waals surface area contributed by atoms with Crippen LogP contribution in [0.1, 0.15) is 26.7 Å². The molecule has 3 nitrogen and oxygen atoms in total. The molecule has 2 unspecified atom stereocenters. The lowest BCUT2D eigenvalue weighted by molar-refractivity contribution is 0.373. The SMILES string of the molecule is CCNC1CCN(c2ccc(Cl)c(OC)c2)C(C)C1. The first kappa shape index (κ1) is 14.5. The summed E-state index contributed by atoms with van der Waals surface area (Å²) in [5, 5.41) is 4.21. The maximum Gasteiger partial charge on any atom is 0.139 e. The molecule has 0 saturated carbocycles. The summed E-state index contributed by atoms with van der Waals surface area (Å²) in [6.07, 6.45) is 2.36. The third-order valence-electron chi connectivity index (χ3n) is 3.84. The molecule has 1 fully saturated rings. The molecule has 1 aromatic carbocycles. The molecule has 0 amide bonds. The molecule has 2 rings (SSSR count). The number of benzene rings is 1. The van der Waals surface area contributed by atoms with Gasteiger partial charge in [-0.2, -0.15) is 0 Å². The van der Waals surface area contributed by atoms with E-state index in [0.29, 0.717) is 17.1 Å². The molecule has 0 spiro atoms. The summed E-state index contributed by atoms with van der Waals surface area (Å²) in [5.74, 6) is 0.750. The highest BCUT2D eigenvalue weighted by molar-refractivity contribution is 6.32. The number of piperidine rings is 1. The van der Waals surface area contributed by atoms with E-state index in [1.807, 2.05) is 12.1 Å². The van der Waals surface area contributed by atoms with Crippen molar-refractivity contribution >= 4 is 17.3 Å². The van der Waals surface area contributed by atoms with Gasteiger partial charge in [-0.15, -0.1) is 0 Å². The van der Waals surface area contributed by atoms with Crippen LogP contribution in [0.4, 0.5) is 5.69 Å². The zero-order valence-electron chi connectivity index (χ0n) is 11.9. The molecule has 0 aromatic heterocycles. The van der Waals surface area contributed by atoms with Crippen molar-refractivity contribution in [3.63, 3.8) is 0 Å². The van der Waals surface area contributed by atoms with Crippen molar-refractivity contribution < 1.29 is 4.74 Å². The maximum absolute atomic E-state index is 6.08. The number of halogens is 1. The number of methoxy groups -OCH3 is 1. The molecule has 4 heteroatoms. The topological polar surface area (TPSA) is 24.5 Å². The maximum atomic E-state index is 6.08. The van der Waals surface area contributed by atoms with Crippen LogP contribution >= 0.6 is 11.6 Å². The third kappa shape index (κ3) is 3.34. The predicted octanol–water partition coefficient (Wildman–Crippen LogP) is 3.32. The van der Waals surface area contributed by atoms with Crippen LogP contribution in [0.25, 0.3) is 0 Å². The van der Waals surface area contributed by atoms with E-state index in [0.717, 1.165) is 18.8 Å². The fourth-order valence-corrected chi connectivity index (χ4v) is 3.05. The van der Waals surface area contributed by atoms with E-state index < -0.39 is 0 Å². The van der Waals surface area contributed by atoms with E-state index in [4.69, 9.17) is 16.3 Å². The molecule has 0 radical (unpaired) electrons. The van der Waals surface area contributed by atoms with Crippen LogP contribution in [0, 0.1) is 0 Å². The standard InChI is InChI=1S/C15H23ClN2O/c1-4-17-12-7-8-18(11(2)9-12)13-5-6-14(16)15(10-13)19-3/h5-6,10-12,17H,4,7-9H2,1-3H3. The highest BCUT2D eigenvalue weighted by Crippen LogP contribution is 2.32. The second-order valence-electron chi connectivity index (χ2n) is 5.14. The number of nitrogens with zero attached hydrogens (tertiary/aromatic N) is 1. The normalized spacial score (nSPS) is 23.5. The van der Waals surface area contributed by atoms with Gasteiger partial charge in [-0.1, -0.05) is 18.5 Å². The van der Waals surface area contributed by atoms with E-state index in [-0.39, 0.29) is 0 Å². The molecule has 1 aliphatic rings. The zero-order chi connectivity index (χ0) is 13.8. The van der Waals surface area contributed by atoms with Gasteiger partial charge in [-0.25, -0.2) is 0 Å². The summed E-state index contributed by atoms with van der Waals surface area (Å²) in [5.41, 5.74) is 1.20. The van der Waals surface area contributed by atoms with Crippen LogP contribution < -0.4 is 15.0 Å². The Labute approximate surface area is 120 Å². The van der Waals surface area contributed by atoms with Crippen LogP contribution in [0.15, 0.2) is 18.2 Å². The number of ether oxygens (including phenoxy) is 1. The fourth-order valence-electron chi connectivity index (χ4n) is 2.86. The van der Waals surface area contributed by atoms with Crippen molar-refractivity contribution in [3.05, 3.63) is 23.2 Å². The highest BCUT2D eigenvalue weighted by Gasteiger charge is 2.25. The summed E-state index contributed by atoms with van der Waals surface area (Å²) in [6, 6.07) is 7.20. The number of anilines is 1. The summed E-state index contributed by atoms with van der Waals surface area (Å²) in [7, 11) is 1.66. The Morgan fingerprint density at radius 2 is 2.26 bits per heavy atom. The van der Waals surface area contributed by atoms with Crippen LogP contribution in [0.5, 0.6) is 5.75 Å². The van der Waals surface area contributed by atoms with Crippen LogP contribution in [0.3, 0.4) is 0 Å². The second kappa shape index (κ2) is 6.49. The average Bonchev–Trinajstić information content (AvgIpc) is 2.40. The number of nitrogens with one attached hydrogen (secondary N) is 1. The van der Waals surface area contributed by atoms with Gasteiger partial charge in [0.2, 0.25) is 0 Å². The Kier molecular flexibility index (Phi) is 4.94. The number of hydrogen-bond donors (Lipinski definition) is 1. The predicted molar refractivity (Wildman–Crippen MR) is 81.5 cm³/mol. The lowest BCUT2D eigenvalue weighted by Gasteiger charge is -2.39. The van der Waals surface area contributed by atoms with Gasteiger partial charge in [-0.3, -0.25) is 0 Å². The van der Waals surface area contributed by atoms with Gasteiger partial charge in [0.15, 0.2) is 0 Å². The number of rotatable bonds is 4. The van der Waals surface area contributed by atoms with Gasteiger partial charge in [0, 0.05) is 30.4 Å². The second-order valence-corrected chi connectivity index (χ2v) is 5.55. The first-order valence-corrected chi connectivity index (χ1v) is 7.37. The van der Waals surface area contributed by atoms with Gasteiger partial charge in [0.1, 0.15) is 5.75 Å². The lowest BCUT2D eigenvalue weighted by atomic mass is 9.97. The quantitative estimate of drug-likeness (QED) is 0.917. The Morgan fingerprint density at radius 3 is 2.89 bits per heavy atom. The molecule has 19 heavy (non-hydrogen) atoms. The van der Waals surface area contributed by atoms with Crippen LogP contribution in [-0.2, 0) is 0 Å². The molecule has 2 atom stereocenters. The first-order chi connectivity index (χ1) is 9.15. The third-order valence-corrected chi connectivity index (χ3v) is 4.15. The molecule has 0 aliphatic carbocycles. The molecule has 1 aliphatic heterocycles. The molecule has 0 bridgehead atoms. The first-order valence-electron chi connectivity index (χ1n) is 6.99. The number of hydrogen-bond acceptors (Lipinski definition) is 3. The van der Waals surface area contributed by atoms with E-state index in [1.54, 1.807) is 7.11 Å². The van der Waals surface area contributed by atoms with Gasteiger partial charge >= 0.3 is 0 Å². The summed E-state index contributed by atoms with van der Waals surface area (Å²) in [4.78, 5) is 2.44. The Hall–Kier alpha value is -0.930. The minimum Gasteiger partial charge on any atom is -0.495 e. The fraction of sp³-hybridized carbons (Fsp3) is 0.600. The summed E-state index contributed by atoms with van der Waals surface area (Å²) in [6.45, 7) is 6.57. The molecule has 1 saturated heterocycles. The van der Waals surface area contributed by atoms with Crippen molar-refractivity contribution in [2.45, 2.75) is 38.8 Å². The van der Waals surface area contributed by atoms with E-state index in [2.05, 4.69) is 30.1 Å². The molecule has 1 aromatic rings. The summed E-state index contributed by atoms with van der Waals surface area (Å²) >= 11 is 6.08. The van der Waals surface area contributed by atoms with E-state index in [1.165, 1.54) is 18.5 Å². The molecule has 106 valence electrons. The Morgan fingerprint density at radius 1 is 1.47 bits per heavy atom.